The second-order valence-electron chi connectivity index (χ2n) is 4.72. The smallest absolute Gasteiger partial charge is 0.282 e. The number of carbonyl (C=O) groups excluding carboxylic acids is 1. The van der Waals surface area contributed by atoms with Gasteiger partial charge in [0.05, 0.1) is 6.42 Å². The summed E-state index contributed by atoms with van der Waals surface area (Å²) in [7, 11) is 0. The van der Waals surface area contributed by atoms with Gasteiger partial charge in [-0.25, -0.2) is 13.2 Å². The summed E-state index contributed by atoms with van der Waals surface area (Å²) in [6, 6.07) is 7.58. The molecule has 0 fully saturated rings. The van der Waals surface area contributed by atoms with Gasteiger partial charge in [-0.2, -0.15) is 17.6 Å². The molecule has 0 aromatic heterocycles. The zero-order valence-electron chi connectivity index (χ0n) is 11.6. The van der Waals surface area contributed by atoms with Gasteiger partial charge < -0.3 is 0 Å². The molecule has 23 heavy (non-hydrogen) atoms. The SMILES string of the molecule is O=C(SCCC(F)(F)C(F)(F)CC(F)C(F)F)c1ccccc1. The number of hydrogen-bond acceptors (Lipinski definition) is 2. The van der Waals surface area contributed by atoms with E-state index >= 15 is 0 Å². The summed E-state index contributed by atoms with van der Waals surface area (Å²) in [4.78, 5) is 11.6. The molecule has 0 radical (unpaired) electrons. The molecule has 130 valence electrons. The molecule has 0 amide bonds. The van der Waals surface area contributed by atoms with Crippen molar-refractivity contribution in [1.29, 1.82) is 0 Å². The van der Waals surface area contributed by atoms with Crippen LogP contribution in [0.1, 0.15) is 23.2 Å². The summed E-state index contributed by atoms with van der Waals surface area (Å²) >= 11 is 0.404. The van der Waals surface area contributed by atoms with Crippen LogP contribution >= 0.6 is 11.8 Å². The average Bonchev–Trinajstić information content (AvgIpc) is 2.47. The predicted molar refractivity (Wildman–Crippen MR) is 73.3 cm³/mol. The molecule has 1 aromatic carbocycles. The molecule has 1 atom stereocenters. The van der Waals surface area contributed by atoms with Gasteiger partial charge >= 0.3 is 11.8 Å². The maximum atomic E-state index is 13.4. The van der Waals surface area contributed by atoms with Crippen LogP contribution in [0.4, 0.5) is 30.7 Å². The molecule has 0 saturated heterocycles. The Balaban J connectivity index is 2.56. The molecule has 0 spiro atoms. The first-order valence-corrected chi connectivity index (χ1v) is 7.45. The van der Waals surface area contributed by atoms with E-state index in [1.807, 2.05) is 0 Å². The highest BCUT2D eigenvalue weighted by molar-refractivity contribution is 8.14. The number of carbonyl (C=O) groups is 1. The van der Waals surface area contributed by atoms with Gasteiger partial charge in [0.15, 0.2) is 6.17 Å². The van der Waals surface area contributed by atoms with Crippen LogP contribution in [0, 0.1) is 0 Å². The minimum absolute atomic E-state index is 0.217. The highest BCUT2D eigenvalue weighted by Crippen LogP contribution is 2.42. The lowest BCUT2D eigenvalue weighted by molar-refractivity contribution is -0.223. The lowest BCUT2D eigenvalue weighted by atomic mass is 10.0. The van der Waals surface area contributed by atoms with Crippen molar-refractivity contribution >= 4 is 16.9 Å². The summed E-state index contributed by atoms with van der Waals surface area (Å²) in [5.41, 5.74) is 0.217. The highest BCUT2D eigenvalue weighted by Gasteiger charge is 2.57. The normalized spacial score (nSPS) is 14.1. The quantitative estimate of drug-likeness (QED) is 0.590. The number of benzene rings is 1. The van der Waals surface area contributed by atoms with Gasteiger partial charge in [0.1, 0.15) is 0 Å². The van der Waals surface area contributed by atoms with Gasteiger partial charge in [-0.05, 0) is 0 Å². The van der Waals surface area contributed by atoms with E-state index in [0.717, 1.165) is 0 Å². The molecule has 0 bridgehead atoms. The van der Waals surface area contributed by atoms with Crippen molar-refractivity contribution in [2.24, 2.45) is 0 Å². The maximum Gasteiger partial charge on any atom is 0.313 e. The predicted octanol–water partition coefficient (Wildman–Crippen LogP) is 5.21. The van der Waals surface area contributed by atoms with Crippen LogP contribution in [-0.4, -0.2) is 35.3 Å². The molecule has 1 rings (SSSR count). The van der Waals surface area contributed by atoms with Crippen molar-refractivity contribution in [3.05, 3.63) is 35.9 Å². The van der Waals surface area contributed by atoms with Crippen LogP contribution in [0.25, 0.3) is 0 Å². The van der Waals surface area contributed by atoms with E-state index in [2.05, 4.69) is 0 Å². The molecule has 0 heterocycles. The Morgan fingerprint density at radius 2 is 1.57 bits per heavy atom. The minimum atomic E-state index is -4.92. The first-order valence-electron chi connectivity index (χ1n) is 6.47. The first-order chi connectivity index (χ1) is 10.6. The van der Waals surface area contributed by atoms with Gasteiger partial charge in [0.2, 0.25) is 5.12 Å². The standard InChI is InChI=1S/C14H13F7OS/c15-10(11(16)17)8-14(20,21)13(18,19)6-7-23-12(22)9-4-2-1-3-5-9/h1-5,10-11H,6-8H2. The molecule has 0 aliphatic heterocycles. The summed E-state index contributed by atoms with van der Waals surface area (Å²) in [5.74, 6) is -10.3. The Morgan fingerprint density at radius 3 is 2.09 bits per heavy atom. The molecular weight excluding hydrogens is 349 g/mol. The number of rotatable bonds is 8. The van der Waals surface area contributed by atoms with Crippen LogP contribution in [0.3, 0.4) is 0 Å². The van der Waals surface area contributed by atoms with Crippen molar-refractivity contribution in [3.8, 4) is 0 Å². The molecule has 0 saturated carbocycles. The van der Waals surface area contributed by atoms with E-state index in [1.165, 1.54) is 12.1 Å². The Morgan fingerprint density at radius 1 is 1.00 bits per heavy atom. The first kappa shape index (κ1) is 19.8. The third-order valence-corrected chi connectivity index (χ3v) is 3.82. The van der Waals surface area contributed by atoms with Gasteiger partial charge in [0, 0.05) is 17.7 Å². The van der Waals surface area contributed by atoms with Gasteiger partial charge in [0.25, 0.3) is 6.43 Å². The van der Waals surface area contributed by atoms with Crippen molar-refractivity contribution < 1.29 is 35.5 Å². The Hall–Kier alpha value is -1.25. The highest BCUT2D eigenvalue weighted by atomic mass is 32.2. The van der Waals surface area contributed by atoms with Crippen molar-refractivity contribution in [2.75, 3.05) is 5.75 Å². The average molecular weight is 362 g/mol. The molecule has 0 aliphatic rings. The van der Waals surface area contributed by atoms with Crippen LogP contribution in [-0.2, 0) is 0 Å². The number of alkyl halides is 7. The van der Waals surface area contributed by atoms with Crippen molar-refractivity contribution in [3.63, 3.8) is 0 Å². The van der Waals surface area contributed by atoms with Crippen molar-refractivity contribution in [1.82, 2.24) is 0 Å². The molecular formula is C14H13F7OS. The second kappa shape index (κ2) is 8.03. The Kier molecular flexibility index (Phi) is 6.91. The topological polar surface area (TPSA) is 17.1 Å². The molecule has 9 heteroatoms. The summed E-state index contributed by atoms with van der Waals surface area (Å²) in [6.45, 7) is 0. The largest absolute Gasteiger partial charge is 0.313 e. The minimum Gasteiger partial charge on any atom is -0.282 e. The van der Waals surface area contributed by atoms with Crippen LogP contribution in [0.5, 0.6) is 0 Å². The zero-order valence-corrected chi connectivity index (χ0v) is 12.4. The Bertz CT molecular complexity index is 507. The van der Waals surface area contributed by atoms with E-state index in [-0.39, 0.29) is 5.56 Å². The third-order valence-electron chi connectivity index (χ3n) is 2.92. The molecule has 1 unspecified atom stereocenters. The fraction of sp³-hybridized carbons (Fsp3) is 0.500. The molecule has 1 nitrogen and oxygen atoms in total. The van der Waals surface area contributed by atoms with Crippen molar-refractivity contribution in [2.45, 2.75) is 37.3 Å². The van der Waals surface area contributed by atoms with Crippen LogP contribution in [0.2, 0.25) is 0 Å². The lowest BCUT2D eigenvalue weighted by Crippen LogP contribution is -2.43. The van der Waals surface area contributed by atoms with E-state index in [9.17, 15) is 35.5 Å². The summed E-state index contributed by atoms with van der Waals surface area (Å²) in [5, 5.41) is -0.583. The van der Waals surface area contributed by atoms with E-state index in [1.54, 1.807) is 18.2 Å². The Labute approximate surface area is 132 Å². The van der Waals surface area contributed by atoms with Gasteiger partial charge in [-0.15, -0.1) is 0 Å². The monoisotopic (exact) mass is 362 g/mol. The molecule has 0 N–H and O–H groups in total. The maximum absolute atomic E-state index is 13.4. The molecule has 0 aliphatic carbocycles. The second-order valence-corrected chi connectivity index (χ2v) is 5.78. The lowest BCUT2D eigenvalue weighted by Gasteiger charge is -2.27. The zero-order chi connectivity index (χ0) is 17.7. The van der Waals surface area contributed by atoms with Crippen LogP contribution in [0.15, 0.2) is 30.3 Å². The number of hydrogen-bond donors (Lipinski definition) is 0. The molecule has 1 aromatic rings. The fourth-order valence-electron chi connectivity index (χ4n) is 1.60. The van der Waals surface area contributed by atoms with Gasteiger partial charge in [-0.1, -0.05) is 42.1 Å². The fourth-order valence-corrected chi connectivity index (χ4v) is 2.44. The van der Waals surface area contributed by atoms with Gasteiger partial charge in [-0.3, -0.25) is 4.79 Å². The number of halogens is 7. The van der Waals surface area contributed by atoms with E-state index in [4.69, 9.17) is 0 Å². The summed E-state index contributed by atoms with van der Waals surface area (Å²) < 4.78 is 89.6. The van der Waals surface area contributed by atoms with E-state index in [0.29, 0.717) is 11.8 Å². The third kappa shape index (κ3) is 5.71. The summed E-state index contributed by atoms with van der Waals surface area (Å²) in [6.07, 6.45) is -10.8. The van der Waals surface area contributed by atoms with E-state index < -0.39 is 48.2 Å². The van der Waals surface area contributed by atoms with Crippen LogP contribution < -0.4 is 0 Å². The number of thioether (sulfide) groups is 1.